The maximum atomic E-state index is 13.9. The summed E-state index contributed by atoms with van der Waals surface area (Å²) in [7, 11) is 0. The number of nitrogens with zero attached hydrogens (tertiary/aromatic N) is 2. The average molecular weight is 402 g/mol. The molecular weight excluding hydrogens is 378 g/mol. The second-order valence-corrected chi connectivity index (χ2v) is 6.84. The molecule has 2 heterocycles. The Hall–Kier alpha value is -3.00. The maximum Gasteiger partial charge on any atom is 0.284 e. The van der Waals surface area contributed by atoms with E-state index in [4.69, 9.17) is 4.74 Å². The summed E-state index contributed by atoms with van der Waals surface area (Å²) < 4.78 is 35.1. The number of halogens is 2. The Morgan fingerprint density at radius 3 is 2.66 bits per heavy atom. The van der Waals surface area contributed by atoms with E-state index < -0.39 is 11.6 Å². The molecule has 0 atom stereocenters. The van der Waals surface area contributed by atoms with Crippen LogP contribution in [0, 0.1) is 25.5 Å². The Morgan fingerprint density at radius 1 is 1.24 bits per heavy atom. The number of nitrogens with one attached hydrogen (secondary N) is 2. The number of amides is 1. The highest BCUT2D eigenvalue weighted by Gasteiger charge is 2.20. The molecule has 0 saturated heterocycles. The van der Waals surface area contributed by atoms with Gasteiger partial charge in [-0.15, -0.1) is 0 Å². The number of aromatic nitrogens is 2. The van der Waals surface area contributed by atoms with Crippen molar-refractivity contribution in [2.24, 2.45) is 0 Å². The number of unbranched alkanes of at least 4 members (excludes halogenated alkanes) is 1. The summed E-state index contributed by atoms with van der Waals surface area (Å²) in [6.45, 7) is 6.01. The summed E-state index contributed by atoms with van der Waals surface area (Å²) in [4.78, 5) is 17.1. The van der Waals surface area contributed by atoms with Crippen LogP contribution in [0.2, 0.25) is 0 Å². The predicted octanol–water partition coefficient (Wildman–Crippen LogP) is 3.84. The van der Waals surface area contributed by atoms with E-state index in [0.29, 0.717) is 29.3 Å². The van der Waals surface area contributed by atoms with E-state index in [1.54, 1.807) is 23.6 Å². The first-order valence-electron chi connectivity index (χ1n) is 9.50. The Bertz CT molecular complexity index is 1010. The van der Waals surface area contributed by atoms with E-state index in [9.17, 15) is 13.6 Å². The van der Waals surface area contributed by atoms with Gasteiger partial charge in [-0.1, -0.05) is 19.4 Å². The molecule has 154 valence electrons. The molecule has 0 saturated carbocycles. The molecule has 0 fully saturated rings. The van der Waals surface area contributed by atoms with Crippen LogP contribution >= 0.6 is 0 Å². The summed E-state index contributed by atoms with van der Waals surface area (Å²) in [6, 6.07) is 5.39. The van der Waals surface area contributed by atoms with Gasteiger partial charge in [0.2, 0.25) is 0 Å². The number of aryl methyl sites for hydroxylation is 2. The summed E-state index contributed by atoms with van der Waals surface area (Å²) in [5.41, 5.74) is 7.52. The predicted molar refractivity (Wildman–Crippen MR) is 106 cm³/mol. The number of carbonyl (C=O) groups is 1. The van der Waals surface area contributed by atoms with Crippen LogP contribution in [-0.2, 0) is 6.61 Å². The molecule has 8 heteroatoms. The Labute approximate surface area is 167 Å². The molecule has 2 N–H and O–H groups in total. The summed E-state index contributed by atoms with van der Waals surface area (Å²) >= 11 is 0. The molecule has 0 unspecified atom stereocenters. The molecule has 0 aliphatic carbocycles. The van der Waals surface area contributed by atoms with Crippen molar-refractivity contribution in [3.05, 3.63) is 64.6 Å². The van der Waals surface area contributed by atoms with E-state index in [2.05, 4.69) is 22.8 Å². The molecule has 1 amide bonds. The van der Waals surface area contributed by atoms with Gasteiger partial charge in [0.25, 0.3) is 5.91 Å². The molecule has 3 rings (SSSR count). The summed E-state index contributed by atoms with van der Waals surface area (Å²) in [5, 5.41) is 0. The van der Waals surface area contributed by atoms with Crippen molar-refractivity contribution in [1.82, 2.24) is 20.2 Å². The fourth-order valence-electron chi connectivity index (χ4n) is 3.02. The fraction of sp³-hybridized carbons (Fsp3) is 0.333. The Morgan fingerprint density at radius 2 is 1.97 bits per heavy atom. The van der Waals surface area contributed by atoms with Gasteiger partial charge in [-0.25, -0.2) is 19.2 Å². The van der Waals surface area contributed by atoms with Gasteiger partial charge in [-0.05, 0) is 44.0 Å². The molecule has 6 nitrogen and oxygen atoms in total. The van der Waals surface area contributed by atoms with Gasteiger partial charge in [0, 0.05) is 12.7 Å². The van der Waals surface area contributed by atoms with Crippen molar-refractivity contribution < 1.29 is 18.3 Å². The standard InChI is InChI=1S/C21H24F2N4O2/c1-4-5-9-24-26-21(28)19-14(3)25-20-18(10-13(2)11-27(19)20)29-12-15-16(22)7-6-8-17(15)23/h6-8,10-11,24H,4-5,9,12H2,1-3H3,(H,26,28). The normalized spacial score (nSPS) is 11.1. The van der Waals surface area contributed by atoms with E-state index in [-0.39, 0.29) is 18.1 Å². The van der Waals surface area contributed by atoms with Gasteiger partial charge in [-0.2, -0.15) is 0 Å². The van der Waals surface area contributed by atoms with Crippen molar-refractivity contribution in [1.29, 1.82) is 0 Å². The van der Waals surface area contributed by atoms with E-state index >= 15 is 0 Å². The molecule has 0 radical (unpaired) electrons. The molecule has 0 bridgehead atoms. The van der Waals surface area contributed by atoms with Crippen LogP contribution < -0.4 is 15.6 Å². The minimum Gasteiger partial charge on any atom is -0.485 e. The molecule has 0 aliphatic rings. The molecule has 29 heavy (non-hydrogen) atoms. The van der Waals surface area contributed by atoms with E-state index in [1.165, 1.54) is 18.2 Å². The number of benzene rings is 1. The van der Waals surface area contributed by atoms with Gasteiger partial charge in [-0.3, -0.25) is 14.6 Å². The molecule has 2 aromatic heterocycles. The van der Waals surface area contributed by atoms with Gasteiger partial charge >= 0.3 is 0 Å². The van der Waals surface area contributed by atoms with Gasteiger partial charge in [0.1, 0.15) is 23.9 Å². The lowest BCUT2D eigenvalue weighted by Gasteiger charge is -2.11. The first kappa shape index (κ1) is 20.7. The maximum absolute atomic E-state index is 13.9. The molecular formula is C21H24F2N4O2. The van der Waals surface area contributed by atoms with Crippen LogP contribution in [0.3, 0.4) is 0 Å². The Balaban J connectivity index is 1.89. The summed E-state index contributed by atoms with van der Waals surface area (Å²) in [6.07, 6.45) is 3.73. The zero-order valence-corrected chi connectivity index (χ0v) is 16.7. The second-order valence-electron chi connectivity index (χ2n) is 6.84. The van der Waals surface area contributed by atoms with Crippen LogP contribution in [0.15, 0.2) is 30.5 Å². The lowest BCUT2D eigenvalue weighted by atomic mass is 10.2. The van der Waals surface area contributed by atoms with Crippen molar-refractivity contribution in [3.8, 4) is 5.75 Å². The zero-order valence-electron chi connectivity index (χ0n) is 16.7. The number of hydrazine groups is 1. The molecule has 0 spiro atoms. The number of ether oxygens (including phenoxy) is 1. The van der Waals surface area contributed by atoms with Gasteiger partial charge in [0.15, 0.2) is 11.4 Å². The van der Waals surface area contributed by atoms with Gasteiger partial charge in [0.05, 0.1) is 11.3 Å². The highest BCUT2D eigenvalue weighted by molar-refractivity contribution is 5.94. The minimum absolute atomic E-state index is 0.159. The van der Waals surface area contributed by atoms with E-state index in [1.807, 2.05) is 6.92 Å². The number of pyridine rings is 1. The number of hydrogen-bond acceptors (Lipinski definition) is 4. The van der Waals surface area contributed by atoms with Gasteiger partial charge < -0.3 is 4.74 Å². The lowest BCUT2D eigenvalue weighted by Crippen LogP contribution is -2.38. The van der Waals surface area contributed by atoms with Crippen LogP contribution in [0.25, 0.3) is 5.65 Å². The molecule has 3 aromatic rings. The third-order valence-electron chi connectivity index (χ3n) is 4.50. The van der Waals surface area contributed by atoms with Crippen LogP contribution in [0.5, 0.6) is 5.75 Å². The molecule has 0 aliphatic heterocycles. The third kappa shape index (κ3) is 4.54. The number of carbonyl (C=O) groups excluding carboxylic acids is 1. The van der Waals surface area contributed by atoms with Crippen molar-refractivity contribution in [3.63, 3.8) is 0 Å². The average Bonchev–Trinajstić information content (AvgIpc) is 3.00. The van der Waals surface area contributed by atoms with Crippen LogP contribution in [0.1, 0.15) is 47.1 Å². The largest absolute Gasteiger partial charge is 0.485 e. The zero-order chi connectivity index (χ0) is 21.0. The monoisotopic (exact) mass is 402 g/mol. The van der Waals surface area contributed by atoms with Crippen LogP contribution in [-0.4, -0.2) is 21.8 Å². The van der Waals surface area contributed by atoms with Crippen molar-refractivity contribution in [2.45, 2.75) is 40.2 Å². The summed E-state index contributed by atoms with van der Waals surface area (Å²) in [5.74, 6) is -1.32. The highest BCUT2D eigenvalue weighted by Crippen LogP contribution is 2.25. The number of hydrogen-bond donors (Lipinski definition) is 2. The topological polar surface area (TPSA) is 67.7 Å². The van der Waals surface area contributed by atoms with Crippen molar-refractivity contribution >= 4 is 11.6 Å². The second kappa shape index (κ2) is 9.00. The number of imidazole rings is 1. The molecule has 1 aromatic carbocycles. The fourth-order valence-corrected chi connectivity index (χ4v) is 3.02. The number of rotatable bonds is 8. The SMILES string of the molecule is CCCCNNC(=O)c1c(C)nc2c(OCc3c(F)cccc3F)cc(C)cn12. The first-order valence-corrected chi connectivity index (χ1v) is 9.50. The number of fused-ring (bicyclic) bond motifs is 1. The third-order valence-corrected chi connectivity index (χ3v) is 4.50. The Kier molecular flexibility index (Phi) is 6.43. The minimum atomic E-state index is -0.675. The quantitative estimate of drug-likeness (QED) is 0.444. The first-order chi connectivity index (χ1) is 13.9. The van der Waals surface area contributed by atoms with E-state index in [0.717, 1.165) is 18.4 Å². The lowest BCUT2D eigenvalue weighted by molar-refractivity contribution is 0.0926. The highest BCUT2D eigenvalue weighted by atomic mass is 19.1. The smallest absolute Gasteiger partial charge is 0.284 e. The van der Waals surface area contributed by atoms with Crippen LogP contribution in [0.4, 0.5) is 8.78 Å². The van der Waals surface area contributed by atoms with Crippen molar-refractivity contribution in [2.75, 3.05) is 6.54 Å².